The molecule has 0 saturated carbocycles. The van der Waals surface area contributed by atoms with Crippen molar-refractivity contribution in [2.24, 2.45) is 0 Å². The van der Waals surface area contributed by atoms with Gasteiger partial charge in [-0.15, -0.1) is 11.8 Å². The van der Waals surface area contributed by atoms with Crippen molar-refractivity contribution in [3.8, 4) is 0 Å². The van der Waals surface area contributed by atoms with Crippen molar-refractivity contribution >= 4 is 35.2 Å². The predicted molar refractivity (Wildman–Crippen MR) is 141 cm³/mol. The lowest BCUT2D eigenvalue weighted by Crippen LogP contribution is -2.49. The van der Waals surface area contributed by atoms with Crippen LogP contribution in [-0.4, -0.2) is 35.6 Å². The summed E-state index contributed by atoms with van der Waals surface area (Å²) in [7, 11) is 1.62. The minimum Gasteiger partial charge on any atom is -0.357 e. The zero-order valence-electron chi connectivity index (χ0n) is 19.7. The van der Waals surface area contributed by atoms with Gasteiger partial charge in [-0.05, 0) is 54.5 Å². The highest BCUT2D eigenvalue weighted by atomic mass is 35.5. The van der Waals surface area contributed by atoms with E-state index in [4.69, 9.17) is 11.6 Å². The van der Waals surface area contributed by atoms with Gasteiger partial charge in [0, 0.05) is 36.4 Å². The molecule has 0 aliphatic heterocycles. The van der Waals surface area contributed by atoms with Crippen molar-refractivity contribution in [1.82, 2.24) is 10.2 Å². The van der Waals surface area contributed by atoms with Gasteiger partial charge in [0.2, 0.25) is 11.8 Å². The molecule has 2 amide bonds. The molecule has 0 spiro atoms. The molecule has 1 atom stereocenters. The van der Waals surface area contributed by atoms with Crippen LogP contribution in [0.15, 0.2) is 83.8 Å². The molecule has 0 aliphatic rings. The van der Waals surface area contributed by atoms with Gasteiger partial charge in [0.1, 0.15) is 6.04 Å². The molecule has 3 rings (SSSR count). The molecule has 0 aromatic heterocycles. The van der Waals surface area contributed by atoms with Crippen LogP contribution in [-0.2, 0) is 22.6 Å². The van der Waals surface area contributed by atoms with Gasteiger partial charge in [-0.3, -0.25) is 9.59 Å². The molecular weight excluding hydrogens is 464 g/mol. The Kier molecular flexibility index (Phi) is 10.0. The van der Waals surface area contributed by atoms with Gasteiger partial charge in [-0.2, -0.15) is 0 Å². The molecular formula is C28H31ClN2O2S. The van der Waals surface area contributed by atoms with Gasteiger partial charge >= 0.3 is 0 Å². The van der Waals surface area contributed by atoms with E-state index in [0.717, 1.165) is 33.8 Å². The first-order chi connectivity index (χ1) is 16.5. The van der Waals surface area contributed by atoms with Crippen LogP contribution in [0.25, 0.3) is 0 Å². The summed E-state index contributed by atoms with van der Waals surface area (Å²) >= 11 is 7.66. The van der Waals surface area contributed by atoms with Crippen LogP contribution >= 0.6 is 23.4 Å². The number of aryl methyl sites for hydroxylation is 1. The number of hydrogen-bond acceptors (Lipinski definition) is 3. The Morgan fingerprint density at radius 1 is 0.971 bits per heavy atom. The van der Waals surface area contributed by atoms with Gasteiger partial charge in [0.15, 0.2) is 0 Å². The fourth-order valence-electron chi connectivity index (χ4n) is 3.82. The van der Waals surface area contributed by atoms with Crippen molar-refractivity contribution in [2.45, 2.75) is 43.7 Å². The average molecular weight is 495 g/mol. The second-order valence-corrected chi connectivity index (χ2v) is 9.84. The quantitative estimate of drug-likeness (QED) is 0.266. The zero-order chi connectivity index (χ0) is 24.3. The summed E-state index contributed by atoms with van der Waals surface area (Å²) in [6.45, 7) is 2.43. The molecule has 1 N–H and O–H groups in total. The van der Waals surface area contributed by atoms with Gasteiger partial charge in [0.05, 0.1) is 0 Å². The fourth-order valence-corrected chi connectivity index (χ4v) is 4.79. The third-order valence-electron chi connectivity index (χ3n) is 5.57. The first-order valence-corrected chi connectivity index (χ1v) is 12.8. The van der Waals surface area contributed by atoms with Crippen LogP contribution in [0.1, 0.15) is 29.5 Å². The second-order valence-electron chi connectivity index (χ2n) is 8.24. The Morgan fingerprint density at radius 3 is 2.35 bits per heavy atom. The topological polar surface area (TPSA) is 49.4 Å². The molecule has 178 valence electrons. The normalized spacial score (nSPS) is 11.6. The molecule has 0 heterocycles. The number of amides is 2. The molecule has 0 unspecified atom stereocenters. The lowest BCUT2D eigenvalue weighted by atomic mass is 10.0. The number of thioether (sulfide) groups is 1. The van der Waals surface area contributed by atoms with Crippen molar-refractivity contribution in [3.05, 3.63) is 101 Å². The Hall–Kier alpha value is -2.76. The predicted octanol–water partition coefficient (Wildman–Crippen LogP) is 5.91. The van der Waals surface area contributed by atoms with E-state index in [2.05, 4.69) is 11.4 Å². The van der Waals surface area contributed by atoms with E-state index < -0.39 is 6.04 Å². The fraction of sp³-hybridized carbons (Fsp3) is 0.286. The molecule has 3 aromatic carbocycles. The SMILES string of the molecule is CNC(=O)[C@H](Cc1ccccc1)N(Cc1cccc(C)c1)C(=O)CCCSc1ccc(Cl)cc1. The number of nitrogens with one attached hydrogen (secondary N) is 1. The van der Waals surface area contributed by atoms with Crippen LogP contribution in [0.4, 0.5) is 0 Å². The molecule has 34 heavy (non-hydrogen) atoms. The number of rotatable bonds is 11. The summed E-state index contributed by atoms with van der Waals surface area (Å²) < 4.78 is 0. The number of likely N-dealkylation sites (N-methyl/N-ethyl adjacent to an activating group) is 1. The van der Waals surface area contributed by atoms with Crippen LogP contribution in [0.2, 0.25) is 5.02 Å². The Bertz CT molecular complexity index is 1070. The molecule has 4 nitrogen and oxygen atoms in total. The largest absolute Gasteiger partial charge is 0.357 e. The lowest BCUT2D eigenvalue weighted by molar-refractivity contribution is -0.141. The zero-order valence-corrected chi connectivity index (χ0v) is 21.2. The maximum absolute atomic E-state index is 13.5. The highest BCUT2D eigenvalue weighted by molar-refractivity contribution is 7.99. The molecule has 0 saturated heterocycles. The van der Waals surface area contributed by atoms with Crippen molar-refractivity contribution in [2.75, 3.05) is 12.8 Å². The van der Waals surface area contributed by atoms with Crippen molar-refractivity contribution in [1.29, 1.82) is 0 Å². The smallest absolute Gasteiger partial charge is 0.242 e. The third kappa shape index (κ3) is 7.93. The van der Waals surface area contributed by atoms with E-state index in [1.165, 1.54) is 0 Å². The molecule has 0 radical (unpaired) electrons. The highest BCUT2D eigenvalue weighted by Crippen LogP contribution is 2.22. The summed E-state index contributed by atoms with van der Waals surface area (Å²) in [5.41, 5.74) is 3.17. The van der Waals surface area contributed by atoms with E-state index in [9.17, 15) is 9.59 Å². The minimum atomic E-state index is -0.579. The summed E-state index contributed by atoms with van der Waals surface area (Å²) in [5.74, 6) is 0.651. The van der Waals surface area contributed by atoms with Crippen LogP contribution < -0.4 is 5.32 Å². The first kappa shape index (κ1) is 25.9. The van der Waals surface area contributed by atoms with E-state index >= 15 is 0 Å². The summed E-state index contributed by atoms with van der Waals surface area (Å²) in [6, 6.07) is 25.1. The van der Waals surface area contributed by atoms with Gasteiger partial charge in [-0.1, -0.05) is 71.8 Å². The lowest BCUT2D eigenvalue weighted by Gasteiger charge is -2.31. The standard InChI is InChI=1S/C28H31ClN2O2S/c1-21-8-6-11-23(18-21)20-31(26(28(33)30-2)19-22-9-4-3-5-10-22)27(32)12-7-17-34-25-15-13-24(29)14-16-25/h3-6,8-11,13-16,18,26H,7,12,17,19-20H2,1-2H3,(H,30,33)/t26-/m0/s1. The molecule has 0 fully saturated rings. The Morgan fingerprint density at radius 2 is 1.68 bits per heavy atom. The van der Waals surface area contributed by atoms with Crippen LogP contribution in [0.5, 0.6) is 0 Å². The van der Waals surface area contributed by atoms with Gasteiger partial charge in [-0.25, -0.2) is 0 Å². The third-order valence-corrected chi connectivity index (χ3v) is 6.92. The minimum absolute atomic E-state index is 0.0113. The van der Waals surface area contributed by atoms with E-state index in [1.54, 1.807) is 23.7 Å². The Labute approximate surface area is 211 Å². The average Bonchev–Trinajstić information content (AvgIpc) is 2.85. The maximum Gasteiger partial charge on any atom is 0.242 e. The van der Waals surface area contributed by atoms with Crippen LogP contribution in [0.3, 0.4) is 0 Å². The molecule has 3 aromatic rings. The van der Waals surface area contributed by atoms with Gasteiger partial charge in [0.25, 0.3) is 0 Å². The second kappa shape index (κ2) is 13.2. The van der Waals surface area contributed by atoms with E-state index in [-0.39, 0.29) is 11.8 Å². The number of nitrogens with zero attached hydrogens (tertiary/aromatic N) is 1. The number of halogens is 1. The highest BCUT2D eigenvalue weighted by Gasteiger charge is 2.29. The maximum atomic E-state index is 13.5. The van der Waals surface area contributed by atoms with Crippen LogP contribution in [0, 0.1) is 6.92 Å². The van der Waals surface area contributed by atoms with Crippen molar-refractivity contribution < 1.29 is 9.59 Å². The molecule has 6 heteroatoms. The first-order valence-electron chi connectivity index (χ1n) is 11.4. The van der Waals surface area contributed by atoms with Gasteiger partial charge < -0.3 is 10.2 Å². The van der Waals surface area contributed by atoms with Crippen molar-refractivity contribution in [3.63, 3.8) is 0 Å². The Balaban J connectivity index is 1.74. The molecule has 0 bridgehead atoms. The summed E-state index contributed by atoms with van der Waals surface area (Å²) in [5, 5.41) is 3.48. The summed E-state index contributed by atoms with van der Waals surface area (Å²) in [6.07, 6.45) is 1.58. The van der Waals surface area contributed by atoms with E-state index in [1.807, 2.05) is 79.7 Å². The van der Waals surface area contributed by atoms with E-state index in [0.29, 0.717) is 24.4 Å². The molecule has 0 aliphatic carbocycles. The number of hydrogen-bond donors (Lipinski definition) is 1. The monoisotopic (exact) mass is 494 g/mol. The number of benzene rings is 3. The number of carbonyl (C=O) groups excluding carboxylic acids is 2. The summed E-state index contributed by atoms with van der Waals surface area (Å²) in [4.78, 5) is 29.3. The number of carbonyl (C=O) groups is 2.